The highest BCUT2D eigenvalue weighted by Gasteiger charge is 2.32. The molecule has 3 N–H and O–H groups in total. The maximum absolute atomic E-state index is 6.05. The van der Waals surface area contributed by atoms with E-state index in [4.69, 9.17) is 5.73 Å². The molecular formula is C14H31N3. The molecule has 102 valence electrons. The SMILES string of the molecule is CCC(C)NC1(CN)CCCN(C(C)C)CC1. The molecule has 1 rings (SSSR count). The molecule has 3 heteroatoms. The Balaban J connectivity index is 2.61. The smallest absolute Gasteiger partial charge is 0.0318 e. The van der Waals surface area contributed by atoms with Gasteiger partial charge in [-0.05, 0) is 53.0 Å². The van der Waals surface area contributed by atoms with Crippen LogP contribution in [0.15, 0.2) is 0 Å². The van der Waals surface area contributed by atoms with Gasteiger partial charge in [0, 0.05) is 30.7 Å². The summed E-state index contributed by atoms with van der Waals surface area (Å²) in [5.41, 5.74) is 6.23. The maximum atomic E-state index is 6.05. The van der Waals surface area contributed by atoms with E-state index in [0.717, 1.165) is 6.54 Å². The summed E-state index contributed by atoms with van der Waals surface area (Å²) in [5.74, 6) is 0. The molecule has 0 aromatic heterocycles. The molecule has 0 bridgehead atoms. The third-order valence-electron chi connectivity index (χ3n) is 4.26. The van der Waals surface area contributed by atoms with Crippen LogP contribution in [0.3, 0.4) is 0 Å². The quantitative estimate of drug-likeness (QED) is 0.773. The highest BCUT2D eigenvalue weighted by atomic mass is 15.2. The normalized spacial score (nSPS) is 29.3. The first kappa shape index (κ1) is 14.9. The van der Waals surface area contributed by atoms with E-state index in [1.54, 1.807) is 0 Å². The van der Waals surface area contributed by atoms with E-state index >= 15 is 0 Å². The van der Waals surface area contributed by atoms with Gasteiger partial charge in [-0.2, -0.15) is 0 Å². The van der Waals surface area contributed by atoms with Crippen LogP contribution in [-0.4, -0.2) is 42.2 Å². The predicted octanol–water partition coefficient (Wildman–Crippen LogP) is 1.97. The largest absolute Gasteiger partial charge is 0.329 e. The molecule has 2 atom stereocenters. The van der Waals surface area contributed by atoms with Gasteiger partial charge in [-0.25, -0.2) is 0 Å². The first-order valence-electron chi connectivity index (χ1n) is 7.25. The Morgan fingerprint density at radius 2 is 1.94 bits per heavy atom. The fourth-order valence-corrected chi connectivity index (χ4v) is 2.76. The van der Waals surface area contributed by atoms with Crippen molar-refractivity contribution in [2.75, 3.05) is 19.6 Å². The number of hydrogen-bond donors (Lipinski definition) is 2. The summed E-state index contributed by atoms with van der Waals surface area (Å²) >= 11 is 0. The Kier molecular flexibility index (Phi) is 5.90. The zero-order valence-electron chi connectivity index (χ0n) is 12.1. The fraction of sp³-hybridized carbons (Fsp3) is 1.00. The minimum atomic E-state index is 0.180. The highest BCUT2D eigenvalue weighted by Crippen LogP contribution is 2.23. The summed E-state index contributed by atoms with van der Waals surface area (Å²) < 4.78 is 0. The monoisotopic (exact) mass is 241 g/mol. The van der Waals surface area contributed by atoms with E-state index in [9.17, 15) is 0 Å². The zero-order valence-corrected chi connectivity index (χ0v) is 12.1. The van der Waals surface area contributed by atoms with E-state index in [1.165, 1.54) is 38.8 Å². The summed E-state index contributed by atoms with van der Waals surface area (Å²) in [6.45, 7) is 12.2. The average molecular weight is 241 g/mol. The lowest BCUT2D eigenvalue weighted by Crippen LogP contribution is -2.54. The minimum absolute atomic E-state index is 0.180. The third-order valence-corrected chi connectivity index (χ3v) is 4.26. The molecule has 1 saturated heterocycles. The second kappa shape index (κ2) is 6.72. The Morgan fingerprint density at radius 1 is 1.24 bits per heavy atom. The molecule has 1 aliphatic rings. The standard InChI is InChI=1S/C14H31N3/c1-5-13(4)16-14(11-15)7-6-9-17(10-8-14)12(2)3/h12-13,16H,5-11,15H2,1-4H3. The van der Waals surface area contributed by atoms with Crippen LogP contribution in [0, 0.1) is 0 Å². The molecule has 0 saturated carbocycles. The molecule has 2 unspecified atom stereocenters. The van der Waals surface area contributed by atoms with Crippen LogP contribution in [0.1, 0.15) is 53.4 Å². The molecule has 17 heavy (non-hydrogen) atoms. The Bertz CT molecular complexity index is 218. The molecular weight excluding hydrogens is 210 g/mol. The maximum Gasteiger partial charge on any atom is 0.0318 e. The Hall–Kier alpha value is -0.120. The van der Waals surface area contributed by atoms with Gasteiger partial charge >= 0.3 is 0 Å². The fourth-order valence-electron chi connectivity index (χ4n) is 2.76. The van der Waals surface area contributed by atoms with Crippen molar-refractivity contribution in [3.05, 3.63) is 0 Å². The topological polar surface area (TPSA) is 41.3 Å². The van der Waals surface area contributed by atoms with E-state index in [2.05, 4.69) is 37.9 Å². The number of nitrogens with one attached hydrogen (secondary N) is 1. The minimum Gasteiger partial charge on any atom is -0.329 e. The van der Waals surface area contributed by atoms with Gasteiger partial charge in [-0.1, -0.05) is 6.92 Å². The number of likely N-dealkylation sites (tertiary alicyclic amines) is 1. The first-order valence-corrected chi connectivity index (χ1v) is 7.25. The van der Waals surface area contributed by atoms with Crippen LogP contribution in [0.4, 0.5) is 0 Å². The van der Waals surface area contributed by atoms with E-state index in [1.807, 2.05) is 0 Å². The number of rotatable bonds is 5. The number of nitrogens with zero attached hydrogens (tertiary/aromatic N) is 1. The van der Waals surface area contributed by atoms with Crippen LogP contribution in [-0.2, 0) is 0 Å². The highest BCUT2D eigenvalue weighted by molar-refractivity contribution is 4.94. The van der Waals surface area contributed by atoms with Crippen LogP contribution < -0.4 is 11.1 Å². The van der Waals surface area contributed by atoms with Crippen molar-refractivity contribution in [3.63, 3.8) is 0 Å². The summed E-state index contributed by atoms with van der Waals surface area (Å²) in [6.07, 6.45) is 4.84. The van der Waals surface area contributed by atoms with E-state index in [-0.39, 0.29) is 5.54 Å². The lowest BCUT2D eigenvalue weighted by molar-refractivity contribution is 0.213. The van der Waals surface area contributed by atoms with Crippen LogP contribution in [0.25, 0.3) is 0 Å². The lowest BCUT2D eigenvalue weighted by Gasteiger charge is -2.36. The van der Waals surface area contributed by atoms with Crippen LogP contribution in [0.5, 0.6) is 0 Å². The van der Waals surface area contributed by atoms with Gasteiger partial charge in [-0.15, -0.1) is 0 Å². The van der Waals surface area contributed by atoms with Crippen LogP contribution in [0.2, 0.25) is 0 Å². The molecule has 0 aliphatic carbocycles. The second-order valence-electron chi connectivity index (χ2n) is 5.92. The molecule has 0 spiro atoms. The first-order chi connectivity index (χ1) is 8.03. The molecule has 0 aromatic rings. The Morgan fingerprint density at radius 3 is 2.47 bits per heavy atom. The van der Waals surface area contributed by atoms with Gasteiger partial charge in [0.05, 0.1) is 0 Å². The van der Waals surface area contributed by atoms with Gasteiger partial charge in [0.1, 0.15) is 0 Å². The van der Waals surface area contributed by atoms with Crippen molar-refractivity contribution in [2.24, 2.45) is 5.73 Å². The van der Waals surface area contributed by atoms with Crippen LogP contribution >= 0.6 is 0 Å². The summed E-state index contributed by atoms with van der Waals surface area (Å²) in [6, 6.07) is 1.23. The van der Waals surface area contributed by atoms with Crippen molar-refractivity contribution in [1.82, 2.24) is 10.2 Å². The number of hydrogen-bond acceptors (Lipinski definition) is 3. The molecule has 0 radical (unpaired) electrons. The molecule has 0 aromatic carbocycles. The zero-order chi connectivity index (χ0) is 12.9. The summed E-state index contributed by atoms with van der Waals surface area (Å²) in [4.78, 5) is 2.58. The van der Waals surface area contributed by atoms with Gasteiger partial charge in [-0.3, -0.25) is 0 Å². The summed E-state index contributed by atoms with van der Waals surface area (Å²) in [5, 5.41) is 3.78. The number of nitrogens with two attached hydrogens (primary N) is 1. The van der Waals surface area contributed by atoms with Crippen molar-refractivity contribution < 1.29 is 0 Å². The third kappa shape index (κ3) is 4.23. The van der Waals surface area contributed by atoms with Crippen molar-refractivity contribution >= 4 is 0 Å². The lowest BCUT2D eigenvalue weighted by atomic mass is 9.89. The van der Waals surface area contributed by atoms with Crippen molar-refractivity contribution in [1.29, 1.82) is 0 Å². The molecule has 1 aliphatic heterocycles. The molecule has 3 nitrogen and oxygen atoms in total. The average Bonchev–Trinajstić information content (AvgIpc) is 2.52. The van der Waals surface area contributed by atoms with E-state index in [0.29, 0.717) is 12.1 Å². The van der Waals surface area contributed by atoms with E-state index < -0.39 is 0 Å². The van der Waals surface area contributed by atoms with Crippen molar-refractivity contribution in [3.8, 4) is 0 Å². The molecule has 0 amide bonds. The van der Waals surface area contributed by atoms with Gasteiger partial charge in [0.2, 0.25) is 0 Å². The van der Waals surface area contributed by atoms with Gasteiger partial charge in [0.25, 0.3) is 0 Å². The van der Waals surface area contributed by atoms with Gasteiger partial charge < -0.3 is 16.0 Å². The summed E-state index contributed by atoms with van der Waals surface area (Å²) in [7, 11) is 0. The Labute approximate surface area is 107 Å². The van der Waals surface area contributed by atoms with Crippen molar-refractivity contribution in [2.45, 2.75) is 71.0 Å². The molecule has 1 heterocycles. The van der Waals surface area contributed by atoms with Gasteiger partial charge in [0.15, 0.2) is 0 Å². The second-order valence-corrected chi connectivity index (χ2v) is 5.92. The molecule has 1 fully saturated rings. The predicted molar refractivity (Wildman–Crippen MR) is 75.2 cm³/mol.